The predicted octanol–water partition coefficient (Wildman–Crippen LogP) is 2.87. The zero-order chi connectivity index (χ0) is 23.7. The van der Waals surface area contributed by atoms with Gasteiger partial charge in [-0.3, -0.25) is 9.48 Å². The number of piperidine rings is 1. The number of hydrogen-bond donors (Lipinski definition) is 3. The molecule has 3 aliphatic rings. The van der Waals surface area contributed by atoms with Crippen LogP contribution in [0, 0.1) is 34.5 Å². The van der Waals surface area contributed by atoms with Gasteiger partial charge in [-0.05, 0) is 49.4 Å². The van der Waals surface area contributed by atoms with Gasteiger partial charge in [0, 0.05) is 36.1 Å². The van der Waals surface area contributed by atoms with Crippen molar-refractivity contribution in [3.8, 4) is 23.4 Å². The van der Waals surface area contributed by atoms with Crippen molar-refractivity contribution in [1.29, 1.82) is 10.5 Å². The van der Waals surface area contributed by atoms with Crippen molar-refractivity contribution in [3.05, 3.63) is 35.5 Å². The molecule has 176 valence electrons. The molecule has 10 heteroatoms. The van der Waals surface area contributed by atoms with Gasteiger partial charge >= 0.3 is 0 Å². The maximum absolute atomic E-state index is 12.8. The van der Waals surface area contributed by atoms with Crippen LogP contribution in [-0.2, 0) is 11.3 Å². The third kappa shape index (κ3) is 4.47. The van der Waals surface area contributed by atoms with Crippen molar-refractivity contribution >= 4 is 23.2 Å². The minimum absolute atomic E-state index is 0.0286. The number of hydrazine groups is 1. The van der Waals surface area contributed by atoms with Gasteiger partial charge in [0.15, 0.2) is 0 Å². The fraction of sp³-hybridized carbons (Fsp3) is 0.500. The van der Waals surface area contributed by atoms with Crippen molar-refractivity contribution in [3.63, 3.8) is 0 Å². The van der Waals surface area contributed by atoms with E-state index in [9.17, 15) is 10.1 Å². The molecule has 5 rings (SSSR count). The average molecular weight is 479 g/mol. The number of benzene rings is 1. The summed E-state index contributed by atoms with van der Waals surface area (Å²) in [6, 6.07) is 12.2. The summed E-state index contributed by atoms with van der Waals surface area (Å²) in [6.45, 7) is 1.19. The standard InChI is InChI=1S/C24H27ClN8O/c25-18-14-16(4-5-17(18)19-8-13-32(30-19)12-1-9-26)29-23-22-21(7-11-28-24(22)34)33(31-23)20(6-10-27)15-2-3-15/h4-5,8,13-15,20-23,29,31H,1-3,6-7,11-12H2,(H,28,34)/t20-,21?,22?,23?/m0/s1. The number of rotatable bonds is 8. The Morgan fingerprint density at radius 2 is 2.09 bits per heavy atom. The van der Waals surface area contributed by atoms with E-state index in [0.717, 1.165) is 36.2 Å². The largest absolute Gasteiger partial charge is 0.368 e. The Balaban J connectivity index is 1.34. The summed E-state index contributed by atoms with van der Waals surface area (Å²) in [5, 5.41) is 31.9. The van der Waals surface area contributed by atoms with E-state index in [1.165, 1.54) is 0 Å². The second kappa shape index (κ2) is 9.63. The summed E-state index contributed by atoms with van der Waals surface area (Å²) >= 11 is 6.61. The SMILES string of the molecule is N#CCCn1ccc(-c2ccc(NC3NN([C@@H](CC#N)C4CC4)C4CCNC(=O)C34)cc2Cl)n1. The molecule has 1 amide bonds. The zero-order valence-electron chi connectivity index (χ0n) is 18.7. The topological polar surface area (TPSA) is 122 Å². The first-order valence-corrected chi connectivity index (χ1v) is 12.1. The van der Waals surface area contributed by atoms with Gasteiger partial charge in [0.1, 0.15) is 6.17 Å². The van der Waals surface area contributed by atoms with Crippen LogP contribution in [0.3, 0.4) is 0 Å². The molecular formula is C24H27ClN8O. The van der Waals surface area contributed by atoms with Crippen molar-refractivity contribution in [2.45, 2.75) is 56.9 Å². The van der Waals surface area contributed by atoms with Crippen LogP contribution in [0.4, 0.5) is 5.69 Å². The van der Waals surface area contributed by atoms with Crippen LogP contribution in [0.2, 0.25) is 5.02 Å². The first-order chi connectivity index (χ1) is 16.6. The molecule has 0 bridgehead atoms. The van der Waals surface area contributed by atoms with Crippen molar-refractivity contribution < 1.29 is 4.79 Å². The number of aryl methyl sites for hydroxylation is 1. The van der Waals surface area contributed by atoms with Gasteiger partial charge in [-0.2, -0.15) is 15.6 Å². The van der Waals surface area contributed by atoms with Gasteiger partial charge in [0.2, 0.25) is 5.91 Å². The monoisotopic (exact) mass is 478 g/mol. The van der Waals surface area contributed by atoms with E-state index in [4.69, 9.17) is 16.9 Å². The van der Waals surface area contributed by atoms with Gasteiger partial charge in [-0.15, -0.1) is 0 Å². The zero-order valence-corrected chi connectivity index (χ0v) is 19.5. The third-order valence-electron chi connectivity index (χ3n) is 6.95. The van der Waals surface area contributed by atoms with Gasteiger partial charge in [0.05, 0.1) is 48.2 Å². The average Bonchev–Trinajstić information content (AvgIpc) is 3.45. The Hall–Kier alpha value is -3.11. The lowest BCUT2D eigenvalue weighted by Crippen LogP contribution is -2.52. The molecule has 34 heavy (non-hydrogen) atoms. The molecule has 2 aliphatic heterocycles. The van der Waals surface area contributed by atoms with Crippen LogP contribution in [0.5, 0.6) is 0 Å². The molecule has 3 N–H and O–H groups in total. The summed E-state index contributed by atoms with van der Waals surface area (Å²) in [5.41, 5.74) is 5.89. The van der Waals surface area contributed by atoms with Crippen LogP contribution in [0.1, 0.15) is 32.1 Å². The Labute approximate surface area is 203 Å². The van der Waals surface area contributed by atoms with Crippen molar-refractivity contribution in [2.75, 3.05) is 11.9 Å². The maximum atomic E-state index is 12.8. The van der Waals surface area contributed by atoms with E-state index in [1.807, 2.05) is 30.5 Å². The number of nitriles is 2. The smallest absolute Gasteiger partial charge is 0.228 e. The van der Waals surface area contributed by atoms with E-state index in [0.29, 0.717) is 36.9 Å². The Kier molecular flexibility index (Phi) is 6.42. The number of aromatic nitrogens is 2. The number of anilines is 1. The molecule has 3 fully saturated rings. The molecule has 3 unspecified atom stereocenters. The molecular weight excluding hydrogens is 452 g/mol. The number of hydrogen-bond acceptors (Lipinski definition) is 7. The minimum Gasteiger partial charge on any atom is -0.368 e. The van der Waals surface area contributed by atoms with E-state index in [1.54, 1.807) is 4.68 Å². The molecule has 0 radical (unpaired) electrons. The summed E-state index contributed by atoms with van der Waals surface area (Å²) in [5.74, 6) is 0.280. The predicted molar refractivity (Wildman–Crippen MR) is 127 cm³/mol. The molecule has 1 aromatic heterocycles. The van der Waals surface area contributed by atoms with Crippen molar-refractivity contribution in [2.24, 2.45) is 11.8 Å². The molecule has 1 aromatic carbocycles. The number of fused-ring (bicyclic) bond motifs is 1. The number of nitrogens with zero attached hydrogens (tertiary/aromatic N) is 5. The van der Waals surface area contributed by atoms with Gasteiger partial charge in [-0.1, -0.05) is 11.6 Å². The molecule has 2 saturated heterocycles. The number of amides is 1. The highest BCUT2D eigenvalue weighted by atomic mass is 35.5. The number of carbonyl (C=O) groups excluding carboxylic acids is 1. The summed E-state index contributed by atoms with van der Waals surface area (Å²) in [7, 11) is 0. The molecule has 0 spiro atoms. The van der Waals surface area contributed by atoms with Crippen LogP contribution in [0.25, 0.3) is 11.3 Å². The summed E-state index contributed by atoms with van der Waals surface area (Å²) in [6.07, 6.45) is 5.52. The van der Waals surface area contributed by atoms with E-state index < -0.39 is 0 Å². The van der Waals surface area contributed by atoms with Crippen molar-refractivity contribution in [1.82, 2.24) is 25.5 Å². The highest BCUT2D eigenvalue weighted by Crippen LogP contribution is 2.41. The number of carbonyl (C=O) groups is 1. The number of nitrogens with one attached hydrogen (secondary N) is 3. The lowest BCUT2D eigenvalue weighted by atomic mass is 9.90. The normalized spacial score (nSPS) is 25.1. The highest BCUT2D eigenvalue weighted by Gasteiger charge is 2.51. The fourth-order valence-electron chi connectivity index (χ4n) is 5.15. The first-order valence-electron chi connectivity index (χ1n) is 11.7. The Morgan fingerprint density at radius 1 is 1.24 bits per heavy atom. The lowest BCUT2D eigenvalue weighted by Gasteiger charge is -2.34. The van der Waals surface area contributed by atoms with Crippen LogP contribution in [-0.4, -0.2) is 45.5 Å². The summed E-state index contributed by atoms with van der Waals surface area (Å²) in [4.78, 5) is 12.8. The molecule has 9 nitrogen and oxygen atoms in total. The quantitative estimate of drug-likeness (QED) is 0.533. The minimum atomic E-state index is -0.294. The van der Waals surface area contributed by atoms with Crippen LogP contribution in [0.15, 0.2) is 30.5 Å². The van der Waals surface area contributed by atoms with Crippen LogP contribution >= 0.6 is 11.6 Å². The van der Waals surface area contributed by atoms with E-state index >= 15 is 0 Å². The maximum Gasteiger partial charge on any atom is 0.228 e. The number of halogens is 1. The van der Waals surface area contributed by atoms with E-state index in [2.05, 4.69) is 38.3 Å². The van der Waals surface area contributed by atoms with Gasteiger partial charge in [0.25, 0.3) is 0 Å². The van der Waals surface area contributed by atoms with Crippen LogP contribution < -0.4 is 16.1 Å². The molecule has 4 atom stereocenters. The molecule has 3 heterocycles. The van der Waals surface area contributed by atoms with Gasteiger partial charge < -0.3 is 10.6 Å². The second-order valence-electron chi connectivity index (χ2n) is 9.17. The van der Waals surface area contributed by atoms with E-state index in [-0.39, 0.29) is 30.1 Å². The lowest BCUT2D eigenvalue weighted by molar-refractivity contribution is -0.128. The fourth-order valence-corrected chi connectivity index (χ4v) is 5.43. The molecule has 1 aliphatic carbocycles. The first kappa shape index (κ1) is 22.7. The Bertz CT molecular complexity index is 1150. The molecule has 2 aromatic rings. The van der Waals surface area contributed by atoms with Gasteiger partial charge in [-0.25, -0.2) is 10.4 Å². The summed E-state index contributed by atoms with van der Waals surface area (Å²) < 4.78 is 1.73. The molecule has 1 saturated carbocycles. The highest BCUT2D eigenvalue weighted by molar-refractivity contribution is 6.33. The second-order valence-corrected chi connectivity index (χ2v) is 9.57. The Morgan fingerprint density at radius 3 is 2.82 bits per heavy atom. The third-order valence-corrected chi connectivity index (χ3v) is 7.26.